The Morgan fingerprint density at radius 3 is 2.05 bits per heavy atom. The number of aryl methyl sites for hydroxylation is 5. The number of carbonyl (C=O) groups is 4. The summed E-state index contributed by atoms with van der Waals surface area (Å²) in [6.45, 7) is 11.4. The van der Waals surface area contributed by atoms with Gasteiger partial charge in [0, 0.05) is 42.5 Å². The van der Waals surface area contributed by atoms with Crippen LogP contribution in [0.3, 0.4) is 0 Å². The van der Waals surface area contributed by atoms with E-state index in [-0.39, 0.29) is 42.2 Å². The smallest absolute Gasteiger partial charge is 0.276 e. The van der Waals surface area contributed by atoms with Crippen molar-refractivity contribution in [3.63, 3.8) is 0 Å². The van der Waals surface area contributed by atoms with E-state index in [1.54, 1.807) is 58.8 Å². The van der Waals surface area contributed by atoms with Gasteiger partial charge in [-0.05, 0) is 77.1 Å². The lowest BCUT2D eigenvalue weighted by molar-refractivity contribution is -0.0792. The van der Waals surface area contributed by atoms with Crippen LogP contribution in [0.1, 0.15) is 72.7 Å². The Bertz CT molecular complexity index is 2870. The third-order valence-corrected chi connectivity index (χ3v) is 10.1. The minimum Gasteiger partial charge on any atom is -0.483 e. The highest BCUT2D eigenvalue weighted by atomic mass is 16.6. The van der Waals surface area contributed by atoms with E-state index in [1.807, 2.05) is 49.0 Å². The monoisotopic (exact) mass is 801 g/mol. The molecule has 0 bridgehead atoms. The Labute approximate surface area is 336 Å². The number of amides is 4. The number of carbonyl (C=O) groups excluding carboxylic acids is 4. The van der Waals surface area contributed by atoms with Crippen molar-refractivity contribution < 1.29 is 33.1 Å². The lowest BCUT2D eigenvalue weighted by Gasteiger charge is -2.27. The zero-order valence-electron chi connectivity index (χ0n) is 33.2. The fraction of sp³-hybridized carbons (Fsp3) is 0.293. The number of hydrogen-bond donors (Lipinski definition) is 4. The second kappa shape index (κ2) is 15.3. The first-order valence-electron chi connectivity index (χ1n) is 19.1. The average molecular weight is 802 g/mol. The van der Waals surface area contributed by atoms with Gasteiger partial charge in [0.15, 0.2) is 0 Å². The molecule has 59 heavy (non-hydrogen) atoms. The van der Waals surface area contributed by atoms with Crippen LogP contribution in [0.5, 0.6) is 5.75 Å². The van der Waals surface area contributed by atoms with Crippen molar-refractivity contribution in [2.45, 2.75) is 66.9 Å². The summed E-state index contributed by atoms with van der Waals surface area (Å²) in [5.41, 5.74) is 16.0. The summed E-state index contributed by atoms with van der Waals surface area (Å²) in [4.78, 5) is 57.2. The molecule has 4 amide bonds. The normalized spacial score (nSPS) is 13.2. The van der Waals surface area contributed by atoms with Crippen LogP contribution in [0, 0.1) is 20.8 Å². The molecule has 1 aliphatic heterocycles. The fourth-order valence-corrected chi connectivity index (χ4v) is 7.41. The minimum absolute atomic E-state index is 0.163. The maximum absolute atomic E-state index is 13.8. The molecule has 18 nitrogen and oxygen atoms in total. The SMILES string of the molecule is CCn1nc(C)cc1C(=O)Nc1cc2cc(C(N)=O)cc(OC3COC3)c2n1C/C=C/Cn1c(NC(=O)c2cc(C)nn2CC)nc2cc(C(N)=O)c3oc(C)cc3c21. The molecule has 0 atom stereocenters. The number of fused-ring (bicyclic) bond motifs is 4. The molecule has 6 heterocycles. The lowest BCUT2D eigenvalue weighted by atomic mass is 10.1. The molecule has 0 saturated carbocycles. The second-order valence-corrected chi connectivity index (χ2v) is 14.3. The molecule has 304 valence electrons. The summed E-state index contributed by atoms with van der Waals surface area (Å²) in [5.74, 6) is -0.473. The number of benzene rings is 2. The van der Waals surface area contributed by atoms with Gasteiger partial charge in [-0.1, -0.05) is 12.2 Å². The zero-order chi connectivity index (χ0) is 41.7. The summed E-state index contributed by atoms with van der Waals surface area (Å²) in [6, 6.07) is 11.8. The van der Waals surface area contributed by atoms with E-state index < -0.39 is 17.7 Å². The van der Waals surface area contributed by atoms with Crippen molar-refractivity contribution in [2.75, 3.05) is 23.8 Å². The molecule has 7 aromatic rings. The average Bonchev–Trinajstić information content (AvgIpc) is 4.00. The number of primary amides is 2. The number of anilines is 2. The van der Waals surface area contributed by atoms with Crippen LogP contribution in [0.2, 0.25) is 0 Å². The molecule has 0 unspecified atom stereocenters. The van der Waals surface area contributed by atoms with E-state index in [0.29, 0.717) is 99.3 Å². The van der Waals surface area contributed by atoms with Crippen molar-refractivity contribution in [3.05, 3.63) is 94.3 Å². The lowest BCUT2D eigenvalue weighted by Crippen LogP contribution is -2.38. The van der Waals surface area contributed by atoms with Gasteiger partial charge in [0.05, 0.1) is 46.7 Å². The molecule has 1 aliphatic rings. The zero-order valence-corrected chi connectivity index (χ0v) is 33.2. The van der Waals surface area contributed by atoms with E-state index in [2.05, 4.69) is 20.8 Å². The highest BCUT2D eigenvalue weighted by Crippen LogP contribution is 2.36. The summed E-state index contributed by atoms with van der Waals surface area (Å²) in [6.07, 6.45) is 3.56. The van der Waals surface area contributed by atoms with E-state index in [9.17, 15) is 19.2 Å². The van der Waals surface area contributed by atoms with Gasteiger partial charge in [-0.25, -0.2) is 4.98 Å². The molecule has 6 N–H and O–H groups in total. The first-order valence-corrected chi connectivity index (χ1v) is 19.1. The molecule has 8 rings (SSSR count). The van der Waals surface area contributed by atoms with Crippen LogP contribution >= 0.6 is 0 Å². The molecule has 0 radical (unpaired) electrons. The highest BCUT2D eigenvalue weighted by Gasteiger charge is 2.26. The quantitative estimate of drug-likeness (QED) is 0.109. The number of aromatic nitrogens is 7. The van der Waals surface area contributed by atoms with Gasteiger partial charge in [-0.3, -0.25) is 33.9 Å². The Balaban J connectivity index is 1.20. The molecular formula is C41H43N11O7. The molecular weight excluding hydrogens is 759 g/mol. The van der Waals surface area contributed by atoms with Gasteiger partial charge in [-0.15, -0.1) is 0 Å². The van der Waals surface area contributed by atoms with Gasteiger partial charge >= 0.3 is 0 Å². The number of rotatable bonds is 14. The van der Waals surface area contributed by atoms with Gasteiger partial charge in [0.2, 0.25) is 11.9 Å². The number of allylic oxidation sites excluding steroid dienone is 2. The van der Waals surface area contributed by atoms with Crippen LogP contribution in [-0.4, -0.2) is 76.6 Å². The van der Waals surface area contributed by atoms with E-state index in [4.69, 9.17) is 30.3 Å². The molecule has 18 heteroatoms. The van der Waals surface area contributed by atoms with Crippen molar-refractivity contribution in [1.29, 1.82) is 0 Å². The number of nitrogens with one attached hydrogen (secondary N) is 2. The molecule has 1 saturated heterocycles. The van der Waals surface area contributed by atoms with Crippen LogP contribution in [0.25, 0.3) is 32.9 Å². The van der Waals surface area contributed by atoms with E-state index in [1.165, 1.54) is 0 Å². The summed E-state index contributed by atoms with van der Waals surface area (Å²) >= 11 is 0. The van der Waals surface area contributed by atoms with Gasteiger partial charge in [0.1, 0.15) is 40.4 Å². The number of nitrogens with two attached hydrogens (primary N) is 2. The number of ether oxygens (including phenoxy) is 2. The topological polar surface area (TPSA) is 234 Å². The largest absolute Gasteiger partial charge is 0.483 e. The molecule has 0 aliphatic carbocycles. The second-order valence-electron chi connectivity index (χ2n) is 14.3. The van der Waals surface area contributed by atoms with Crippen LogP contribution < -0.4 is 26.8 Å². The standard InChI is InChI=1S/C41H43N11O7/c1-6-51-30(12-21(3)47-51)39(55)45-33-17-24-15-25(37(42)53)16-32(59-26-19-57-20-26)34(24)49(33)10-8-9-11-50-35-27-14-23(5)58-36(27)28(38(43)54)18-29(35)44-41(50)46-40(56)31-13-22(4)48-52(31)7-2/h8-9,12-18,26H,6-7,10-11,19-20H2,1-5H3,(H2,42,53)(H2,43,54)(H,45,55)(H,44,46,56)/b9-8+. The predicted octanol–water partition coefficient (Wildman–Crippen LogP) is 4.83. The molecule has 1 fully saturated rings. The van der Waals surface area contributed by atoms with Gasteiger partial charge < -0.3 is 39.8 Å². The minimum atomic E-state index is -0.680. The Morgan fingerprint density at radius 2 is 1.46 bits per heavy atom. The van der Waals surface area contributed by atoms with Crippen molar-refractivity contribution in [3.8, 4) is 5.75 Å². The summed E-state index contributed by atoms with van der Waals surface area (Å²) < 4.78 is 24.6. The maximum Gasteiger partial charge on any atom is 0.276 e. The van der Waals surface area contributed by atoms with Crippen LogP contribution in [-0.2, 0) is 30.9 Å². The molecule has 0 spiro atoms. The first-order chi connectivity index (χ1) is 28.3. The Hall–Kier alpha value is -7.21. The summed E-state index contributed by atoms with van der Waals surface area (Å²) in [7, 11) is 0. The van der Waals surface area contributed by atoms with Gasteiger partial charge in [0.25, 0.3) is 17.7 Å². The summed E-state index contributed by atoms with van der Waals surface area (Å²) in [5, 5.41) is 16.1. The Morgan fingerprint density at radius 1 is 0.814 bits per heavy atom. The number of imidazole rings is 1. The van der Waals surface area contributed by atoms with Gasteiger partial charge in [-0.2, -0.15) is 10.2 Å². The van der Waals surface area contributed by atoms with Crippen molar-refractivity contribution in [1.82, 2.24) is 33.7 Å². The van der Waals surface area contributed by atoms with E-state index in [0.717, 1.165) is 0 Å². The van der Waals surface area contributed by atoms with Crippen molar-refractivity contribution in [2.24, 2.45) is 11.5 Å². The number of nitrogens with zero attached hydrogens (tertiary/aromatic N) is 7. The Kier molecular flexibility index (Phi) is 10.0. The van der Waals surface area contributed by atoms with E-state index >= 15 is 0 Å². The number of hydrogen-bond acceptors (Lipinski definition) is 10. The third kappa shape index (κ3) is 7.18. The maximum atomic E-state index is 13.8. The molecule has 5 aromatic heterocycles. The fourth-order valence-electron chi connectivity index (χ4n) is 7.41. The van der Waals surface area contributed by atoms with Crippen molar-refractivity contribution >= 4 is 68.3 Å². The highest BCUT2D eigenvalue weighted by molar-refractivity contribution is 6.14. The van der Waals surface area contributed by atoms with Crippen LogP contribution in [0.15, 0.2) is 59.0 Å². The first kappa shape index (κ1) is 38.7. The third-order valence-electron chi connectivity index (χ3n) is 10.1. The number of furan rings is 1. The van der Waals surface area contributed by atoms with Crippen LogP contribution in [0.4, 0.5) is 11.8 Å². The molecule has 2 aromatic carbocycles. The predicted molar refractivity (Wildman–Crippen MR) is 219 cm³/mol.